The van der Waals surface area contributed by atoms with E-state index in [2.05, 4.69) is 21.2 Å². The highest BCUT2D eigenvalue weighted by Crippen LogP contribution is 2.31. The number of carbonyl (C=O) groups is 1. The molecule has 0 saturated carbocycles. The second kappa shape index (κ2) is 7.41. The van der Waals surface area contributed by atoms with E-state index in [0.717, 1.165) is 4.47 Å². The summed E-state index contributed by atoms with van der Waals surface area (Å²) >= 11 is 9.24. The van der Waals surface area contributed by atoms with Crippen LogP contribution in [-0.2, 0) is 4.79 Å². The molecule has 2 aromatic rings. The smallest absolute Gasteiger partial charge is 0.288 e. The maximum Gasteiger partial charge on any atom is 0.288 e. The molecule has 1 amide bonds. The van der Waals surface area contributed by atoms with E-state index in [9.17, 15) is 14.9 Å². The summed E-state index contributed by atoms with van der Waals surface area (Å²) in [5.74, 6) is 0.144. The van der Waals surface area contributed by atoms with Gasteiger partial charge < -0.3 is 10.1 Å². The lowest BCUT2D eigenvalue weighted by Gasteiger charge is -2.25. The van der Waals surface area contributed by atoms with Gasteiger partial charge in [-0.25, -0.2) is 0 Å². The predicted molar refractivity (Wildman–Crippen MR) is 100 cm³/mol. The first-order chi connectivity index (χ1) is 11.6. The van der Waals surface area contributed by atoms with Crippen LogP contribution in [-0.4, -0.2) is 16.4 Å². The molecule has 8 heteroatoms. The van der Waals surface area contributed by atoms with Crippen molar-refractivity contribution in [1.82, 2.24) is 0 Å². The van der Waals surface area contributed by atoms with Gasteiger partial charge in [-0.05, 0) is 56.7 Å². The quantitative estimate of drug-likeness (QED) is 0.531. The molecule has 0 fully saturated rings. The topological polar surface area (TPSA) is 81.5 Å². The zero-order chi connectivity index (χ0) is 18.8. The molecule has 0 aromatic heterocycles. The molecule has 25 heavy (non-hydrogen) atoms. The highest BCUT2D eigenvalue weighted by Gasteiger charge is 2.31. The maximum absolute atomic E-state index is 12.6. The number of ether oxygens (including phenoxy) is 1. The van der Waals surface area contributed by atoms with Crippen molar-refractivity contribution in [2.75, 3.05) is 5.32 Å². The van der Waals surface area contributed by atoms with Crippen LogP contribution in [0.3, 0.4) is 0 Å². The first-order valence-electron chi connectivity index (χ1n) is 7.31. The molecule has 1 N–H and O–H groups in total. The van der Waals surface area contributed by atoms with Crippen LogP contribution in [0, 0.1) is 17.0 Å². The van der Waals surface area contributed by atoms with Crippen molar-refractivity contribution in [3.05, 3.63) is 61.6 Å². The fraction of sp³-hybridized carbons (Fsp3) is 0.235. The number of hydrogen-bond acceptors (Lipinski definition) is 4. The second-order valence-electron chi connectivity index (χ2n) is 5.90. The summed E-state index contributed by atoms with van der Waals surface area (Å²) in [5, 5.41) is 13.6. The average molecular weight is 428 g/mol. The first-order valence-corrected chi connectivity index (χ1v) is 8.48. The number of benzene rings is 2. The summed E-state index contributed by atoms with van der Waals surface area (Å²) in [4.78, 5) is 22.9. The molecule has 0 aliphatic rings. The third-order valence-corrected chi connectivity index (χ3v) is 4.30. The number of nitrogens with zero attached hydrogens (tertiary/aromatic N) is 1. The monoisotopic (exact) mass is 426 g/mol. The highest BCUT2D eigenvalue weighted by molar-refractivity contribution is 9.10. The molecule has 0 bridgehead atoms. The van der Waals surface area contributed by atoms with Gasteiger partial charge in [0.05, 0.1) is 4.92 Å². The number of halogens is 2. The number of rotatable bonds is 5. The third-order valence-electron chi connectivity index (χ3n) is 3.47. The van der Waals surface area contributed by atoms with Gasteiger partial charge in [-0.1, -0.05) is 27.5 Å². The summed E-state index contributed by atoms with van der Waals surface area (Å²) in [6, 6.07) is 9.79. The first kappa shape index (κ1) is 19.2. The van der Waals surface area contributed by atoms with Crippen LogP contribution in [0.4, 0.5) is 11.4 Å². The van der Waals surface area contributed by atoms with E-state index >= 15 is 0 Å². The Balaban J connectivity index is 2.19. The van der Waals surface area contributed by atoms with Gasteiger partial charge >= 0.3 is 0 Å². The third kappa shape index (κ3) is 4.70. The van der Waals surface area contributed by atoms with Gasteiger partial charge in [0.1, 0.15) is 10.8 Å². The summed E-state index contributed by atoms with van der Waals surface area (Å²) in [6.45, 7) is 4.92. The Morgan fingerprint density at radius 1 is 1.28 bits per heavy atom. The predicted octanol–water partition coefficient (Wildman–Crippen LogP) is 5.12. The summed E-state index contributed by atoms with van der Waals surface area (Å²) < 4.78 is 6.65. The van der Waals surface area contributed by atoms with Crippen LogP contribution >= 0.6 is 27.5 Å². The summed E-state index contributed by atoms with van der Waals surface area (Å²) in [5.41, 5.74) is -0.436. The van der Waals surface area contributed by atoms with Gasteiger partial charge in [-0.3, -0.25) is 14.9 Å². The molecule has 132 valence electrons. The number of hydrogen-bond donors (Lipinski definition) is 1. The van der Waals surface area contributed by atoms with Crippen molar-refractivity contribution < 1.29 is 14.5 Å². The molecular formula is C17H16BrClN2O4. The molecule has 2 rings (SSSR count). The molecule has 0 aliphatic heterocycles. The van der Waals surface area contributed by atoms with Crippen LogP contribution in [0.2, 0.25) is 5.02 Å². The molecule has 6 nitrogen and oxygen atoms in total. The average Bonchev–Trinajstić information content (AvgIpc) is 2.52. The summed E-state index contributed by atoms with van der Waals surface area (Å²) in [7, 11) is 0. The fourth-order valence-corrected chi connectivity index (χ4v) is 2.55. The van der Waals surface area contributed by atoms with E-state index in [4.69, 9.17) is 16.3 Å². The highest BCUT2D eigenvalue weighted by atomic mass is 79.9. The van der Waals surface area contributed by atoms with Crippen LogP contribution < -0.4 is 10.1 Å². The number of anilines is 1. The van der Waals surface area contributed by atoms with Crippen molar-refractivity contribution in [1.29, 1.82) is 0 Å². The van der Waals surface area contributed by atoms with Gasteiger partial charge in [-0.2, -0.15) is 0 Å². The number of nitro benzene ring substituents is 1. The zero-order valence-corrected chi connectivity index (χ0v) is 16.1. The van der Waals surface area contributed by atoms with Gasteiger partial charge in [0.2, 0.25) is 0 Å². The molecule has 0 heterocycles. The Morgan fingerprint density at radius 2 is 1.88 bits per heavy atom. The minimum atomic E-state index is -1.16. The Hall–Kier alpha value is -2.12. The van der Waals surface area contributed by atoms with Crippen LogP contribution in [0.15, 0.2) is 40.9 Å². The lowest BCUT2D eigenvalue weighted by Crippen LogP contribution is -2.42. The van der Waals surface area contributed by atoms with Gasteiger partial charge in [-0.15, -0.1) is 0 Å². The van der Waals surface area contributed by atoms with Crippen molar-refractivity contribution >= 4 is 44.8 Å². The van der Waals surface area contributed by atoms with E-state index in [-0.39, 0.29) is 10.7 Å². The van der Waals surface area contributed by atoms with E-state index in [0.29, 0.717) is 17.0 Å². The normalized spacial score (nSPS) is 11.1. The SMILES string of the molecule is Cc1cc([N+](=O)[O-])c(Cl)cc1NC(=O)C(C)(C)Oc1ccc(Br)cc1. The Bertz CT molecular complexity index is 822. The molecular weight excluding hydrogens is 412 g/mol. The van der Waals surface area contributed by atoms with Gasteiger partial charge in [0.25, 0.3) is 11.6 Å². The molecule has 0 radical (unpaired) electrons. The molecule has 0 spiro atoms. The van der Waals surface area contributed by atoms with E-state index in [1.807, 2.05) is 12.1 Å². The summed E-state index contributed by atoms with van der Waals surface area (Å²) in [6.07, 6.45) is 0. The lowest BCUT2D eigenvalue weighted by atomic mass is 10.1. The number of carbonyl (C=O) groups excluding carboxylic acids is 1. The Morgan fingerprint density at radius 3 is 2.44 bits per heavy atom. The second-order valence-corrected chi connectivity index (χ2v) is 7.22. The Kier molecular flexibility index (Phi) is 5.69. The van der Waals surface area contributed by atoms with Crippen LogP contribution in [0.25, 0.3) is 0 Å². The van der Waals surface area contributed by atoms with E-state index in [1.54, 1.807) is 32.9 Å². The molecule has 0 aliphatic carbocycles. The standard InChI is InChI=1S/C17H16BrClN2O4/c1-10-8-15(21(23)24)13(19)9-14(10)20-16(22)17(2,3)25-12-6-4-11(18)5-7-12/h4-9H,1-3H3,(H,20,22). The van der Waals surface area contributed by atoms with Crippen molar-refractivity contribution in [3.63, 3.8) is 0 Å². The molecule has 0 saturated heterocycles. The largest absolute Gasteiger partial charge is 0.478 e. The number of nitro groups is 1. The minimum absolute atomic E-state index is 0.0439. The molecule has 0 unspecified atom stereocenters. The number of aryl methyl sites for hydroxylation is 1. The van der Waals surface area contributed by atoms with Crippen molar-refractivity contribution in [2.24, 2.45) is 0 Å². The molecule has 0 atom stereocenters. The van der Waals surface area contributed by atoms with Crippen LogP contribution in [0.1, 0.15) is 19.4 Å². The van der Waals surface area contributed by atoms with Crippen molar-refractivity contribution in [2.45, 2.75) is 26.4 Å². The van der Waals surface area contributed by atoms with E-state index in [1.165, 1.54) is 12.1 Å². The fourth-order valence-electron chi connectivity index (χ4n) is 2.06. The lowest BCUT2D eigenvalue weighted by molar-refractivity contribution is -0.384. The van der Waals surface area contributed by atoms with E-state index < -0.39 is 16.4 Å². The minimum Gasteiger partial charge on any atom is -0.478 e. The number of nitrogens with one attached hydrogen (secondary N) is 1. The maximum atomic E-state index is 12.6. The van der Waals surface area contributed by atoms with Gasteiger partial charge in [0, 0.05) is 16.2 Å². The van der Waals surface area contributed by atoms with Gasteiger partial charge in [0.15, 0.2) is 5.60 Å². The van der Waals surface area contributed by atoms with Crippen LogP contribution in [0.5, 0.6) is 5.75 Å². The number of amides is 1. The molecule has 2 aromatic carbocycles. The Labute approximate surface area is 158 Å². The van der Waals surface area contributed by atoms with Crippen molar-refractivity contribution in [3.8, 4) is 5.75 Å². The zero-order valence-electron chi connectivity index (χ0n) is 13.8.